The second kappa shape index (κ2) is 31.1. The normalized spacial score (nSPS) is 13.4. The number of unbranched alkanes of at least 4 members (excludes halogenated alkanes) is 6. The van der Waals surface area contributed by atoms with Crippen LogP contribution in [0.1, 0.15) is 65.2 Å². The Bertz CT molecular complexity index is 1540. The Labute approximate surface area is 355 Å². The van der Waals surface area contributed by atoms with Gasteiger partial charge in [-0.15, -0.1) is 0 Å². The number of benzene rings is 3. The molecule has 336 valence electrons. The molecule has 0 saturated heterocycles. The average molecular weight is 844 g/mol. The number of carbonyl (C=O) groups excluding carboxylic acids is 1. The first kappa shape index (κ1) is 50.5. The van der Waals surface area contributed by atoms with Gasteiger partial charge in [0.1, 0.15) is 48.8 Å². The molecule has 14 nitrogen and oxygen atoms in total. The molecule has 0 radical (unpaired) electrons. The number of hydrogen-bond acceptors (Lipinski definition) is 13. The topological polar surface area (TPSA) is 195 Å². The number of aliphatic hydroxyl groups excluding tert-OH is 5. The standard InChI is InChI=1S/C46H69NO13/c1-3-5-7-9-21-58-38-16-11-35(12-17-38)37-15-20-40(36-13-18-39(19-14-36)59-22-10-8-6-4-2)43(31-37)60-30-29-56-26-25-54-23-24-55-27-28-57-34-44(51)47-32-41(49)45(52)46(53)42(50)33-48/h11-20,31,41-42,45-46,48-50,52-53H,3-10,21-30,32-34H2,1-2H3,(H,47,51)/t41-,42+,45+,46+/m0/s1. The van der Waals surface area contributed by atoms with Crippen molar-refractivity contribution in [3.8, 4) is 39.5 Å². The van der Waals surface area contributed by atoms with Crippen LogP contribution in [0, 0.1) is 0 Å². The van der Waals surface area contributed by atoms with Gasteiger partial charge in [-0.3, -0.25) is 4.79 Å². The molecule has 0 aliphatic heterocycles. The molecule has 0 aliphatic carbocycles. The highest BCUT2D eigenvalue weighted by Crippen LogP contribution is 2.35. The summed E-state index contributed by atoms with van der Waals surface area (Å²) in [6.45, 7) is 6.90. The molecule has 3 rings (SSSR count). The van der Waals surface area contributed by atoms with E-state index in [-0.39, 0.29) is 26.4 Å². The molecule has 1 amide bonds. The van der Waals surface area contributed by atoms with Crippen molar-refractivity contribution in [1.82, 2.24) is 5.32 Å². The lowest BCUT2D eigenvalue weighted by atomic mass is 9.99. The third-order valence-corrected chi connectivity index (χ3v) is 9.54. The van der Waals surface area contributed by atoms with Gasteiger partial charge in [-0.25, -0.2) is 0 Å². The average Bonchev–Trinajstić information content (AvgIpc) is 3.27. The van der Waals surface area contributed by atoms with Crippen LogP contribution in [0.25, 0.3) is 22.3 Å². The lowest BCUT2D eigenvalue weighted by Gasteiger charge is -2.25. The Morgan fingerprint density at radius 3 is 1.55 bits per heavy atom. The smallest absolute Gasteiger partial charge is 0.246 e. The van der Waals surface area contributed by atoms with Crippen molar-refractivity contribution in [1.29, 1.82) is 0 Å². The predicted octanol–water partition coefficient (Wildman–Crippen LogP) is 4.94. The lowest BCUT2D eigenvalue weighted by molar-refractivity contribution is -0.130. The van der Waals surface area contributed by atoms with E-state index < -0.39 is 36.9 Å². The van der Waals surface area contributed by atoms with E-state index in [9.17, 15) is 25.2 Å². The second-order valence-corrected chi connectivity index (χ2v) is 14.4. The minimum Gasteiger partial charge on any atom is -0.494 e. The fourth-order valence-corrected chi connectivity index (χ4v) is 5.96. The number of carbonyl (C=O) groups is 1. The van der Waals surface area contributed by atoms with Gasteiger partial charge in [-0.05, 0) is 59.9 Å². The SMILES string of the molecule is CCCCCCOc1ccc(-c2ccc(-c3ccc(OCCCCCC)cc3)c(OCCOCCOCCOCCOCC(=O)NC[C@H](O)[C@@H](O)[C@H](O)[C@H](O)CO)c2)cc1. The molecule has 0 aromatic heterocycles. The third-order valence-electron chi connectivity index (χ3n) is 9.54. The van der Waals surface area contributed by atoms with E-state index in [1.807, 2.05) is 24.3 Å². The number of amides is 1. The summed E-state index contributed by atoms with van der Waals surface area (Å²) in [4.78, 5) is 11.9. The number of ether oxygens (including phenoxy) is 7. The summed E-state index contributed by atoms with van der Waals surface area (Å²) in [5.74, 6) is 1.93. The van der Waals surface area contributed by atoms with Crippen LogP contribution in [-0.4, -0.2) is 142 Å². The largest absolute Gasteiger partial charge is 0.494 e. The fraction of sp³-hybridized carbons (Fsp3) is 0.587. The second-order valence-electron chi connectivity index (χ2n) is 14.4. The molecule has 4 atom stereocenters. The Kier molecular flexibility index (Phi) is 26.2. The van der Waals surface area contributed by atoms with Crippen molar-refractivity contribution >= 4 is 5.91 Å². The Balaban J connectivity index is 1.37. The highest BCUT2D eigenvalue weighted by molar-refractivity contribution is 5.77. The van der Waals surface area contributed by atoms with E-state index in [4.69, 9.17) is 38.3 Å². The first-order chi connectivity index (χ1) is 29.3. The first-order valence-corrected chi connectivity index (χ1v) is 21.4. The molecule has 3 aromatic carbocycles. The molecule has 0 bridgehead atoms. The highest BCUT2D eigenvalue weighted by Gasteiger charge is 2.30. The molecule has 0 saturated carbocycles. The van der Waals surface area contributed by atoms with Gasteiger partial charge in [0.2, 0.25) is 5.91 Å². The van der Waals surface area contributed by atoms with Crippen molar-refractivity contribution in [2.24, 2.45) is 0 Å². The van der Waals surface area contributed by atoms with Crippen LogP contribution in [0.4, 0.5) is 0 Å². The van der Waals surface area contributed by atoms with E-state index in [0.29, 0.717) is 46.2 Å². The van der Waals surface area contributed by atoms with Crippen LogP contribution in [0.5, 0.6) is 17.2 Å². The summed E-state index contributed by atoms with van der Waals surface area (Å²) in [5.41, 5.74) is 4.10. The fourth-order valence-electron chi connectivity index (χ4n) is 5.96. The third kappa shape index (κ3) is 20.2. The van der Waals surface area contributed by atoms with Crippen molar-refractivity contribution < 1.29 is 63.5 Å². The zero-order chi connectivity index (χ0) is 43.2. The molecule has 60 heavy (non-hydrogen) atoms. The molecule has 6 N–H and O–H groups in total. The number of rotatable bonds is 35. The summed E-state index contributed by atoms with van der Waals surface area (Å²) >= 11 is 0. The highest BCUT2D eigenvalue weighted by atomic mass is 16.6. The molecule has 0 spiro atoms. The van der Waals surface area contributed by atoms with E-state index in [1.165, 1.54) is 38.5 Å². The zero-order valence-corrected chi connectivity index (χ0v) is 35.5. The van der Waals surface area contributed by atoms with Crippen molar-refractivity contribution in [3.05, 3.63) is 66.7 Å². The number of hydrogen-bond donors (Lipinski definition) is 6. The molecule has 0 fully saturated rings. The quantitative estimate of drug-likeness (QED) is 0.0437. The monoisotopic (exact) mass is 843 g/mol. The van der Waals surface area contributed by atoms with Crippen molar-refractivity contribution in [2.45, 2.75) is 89.6 Å². The zero-order valence-electron chi connectivity index (χ0n) is 35.5. The van der Waals surface area contributed by atoms with Crippen molar-refractivity contribution in [3.63, 3.8) is 0 Å². The molecule has 0 unspecified atom stereocenters. The summed E-state index contributed by atoms with van der Waals surface area (Å²) in [5, 5.41) is 49.8. The van der Waals surface area contributed by atoms with Crippen LogP contribution in [0.3, 0.4) is 0 Å². The van der Waals surface area contributed by atoms with Gasteiger partial charge in [-0.1, -0.05) is 88.8 Å². The van der Waals surface area contributed by atoms with Crippen LogP contribution >= 0.6 is 0 Å². The van der Waals surface area contributed by atoms with Gasteiger partial charge in [0, 0.05) is 12.1 Å². The predicted molar refractivity (Wildman–Crippen MR) is 229 cm³/mol. The van der Waals surface area contributed by atoms with Crippen LogP contribution in [-0.2, 0) is 23.7 Å². The molecule has 14 heteroatoms. The first-order valence-electron chi connectivity index (χ1n) is 21.4. The minimum absolute atomic E-state index is 0.146. The summed E-state index contributed by atoms with van der Waals surface area (Å²) < 4.78 is 40.3. The van der Waals surface area contributed by atoms with Gasteiger partial charge < -0.3 is 64.0 Å². The van der Waals surface area contributed by atoms with Crippen molar-refractivity contribution in [2.75, 3.05) is 85.8 Å². The summed E-state index contributed by atoms with van der Waals surface area (Å²) in [6.07, 6.45) is 2.61. The molecule has 0 aliphatic rings. The minimum atomic E-state index is -1.77. The van der Waals surface area contributed by atoms with Gasteiger partial charge in [0.25, 0.3) is 0 Å². The summed E-state index contributed by atoms with van der Waals surface area (Å²) in [6, 6.07) is 22.6. The Morgan fingerprint density at radius 1 is 0.533 bits per heavy atom. The van der Waals surface area contributed by atoms with Gasteiger partial charge in [0.05, 0.1) is 72.2 Å². The molecular weight excluding hydrogens is 775 g/mol. The molecule has 0 heterocycles. The number of nitrogens with one attached hydrogen (secondary N) is 1. The number of aliphatic hydroxyl groups is 5. The maximum absolute atomic E-state index is 11.9. The van der Waals surface area contributed by atoms with E-state index in [2.05, 4.69) is 61.6 Å². The maximum Gasteiger partial charge on any atom is 0.246 e. The molecule has 3 aromatic rings. The Hall–Kier alpha value is -3.83. The van der Waals surface area contributed by atoms with E-state index in [0.717, 1.165) is 59.0 Å². The van der Waals surface area contributed by atoms with E-state index in [1.54, 1.807) is 0 Å². The van der Waals surface area contributed by atoms with E-state index >= 15 is 0 Å². The lowest BCUT2D eigenvalue weighted by Crippen LogP contribution is -2.50. The van der Waals surface area contributed by atoms with Gasteiger partial charge in [-0.2, -0.15) is 0 Å². The maximum atomic E-state index is 11.9. The van der Waals surface area contributed by atoms with Gasteiger partial charge >= 0.3 is 0 Å². The van der Waals surface area contributed by atoms with Crippen LogP contribution in [0.15, 0.2) is 66.7 Å². The van der Waals surface area contributed by atoms with Crippen LogP contribution < -0.4 is 19.5 Å². The van der Waals surface area contributed by atoms with Crippen LogP contribution in [0.2, 0.25) is 0 Å². The molecular formula is C46H69NO13. The summed E-state index contributed by atoms with van der Waals surface area (Å²) in [7, 11) is 0. The Morgan fingerprint density at radius 2 is 1.02 bits per heavy atom. The van der Waals surface area contributed by atoms with Gasteiger partial charge in [0.15, 0.2) is 0 Å².